The molecule has 4 aromatic rings. The molecule has 0 saturated carbocycles. The number of anilines is 1. The van der Waals surface area contributed by atoms with Crippen molar-refractivity contribution in [2.24, 2.45) is 10.2 Å². The zero-order valence-corrected chi connectivity index (χ0v) is 19.4. The molecule has 2 N–H and O–H groups in total. The summed E-state index contributed by atoms with van der Waals surface area (Å²) in [4.78, 5) is 37.2. The van der Waals surface area contributed by atoms with E-state index in [0.717, 1.165) is 0 Å². The first kappa shape index (κ1) is 24.1. The average Bonchev–Trinajstić information content (AvgIpc) is 2.91. The molecule has 4 aromatic carbocycles. The smallest absolute Gasteiger partial charge is 0.340 e. The number of carbonyl (C=O) groups excluding carboxylic acids is 3. The number of amides is 1. The molecule has 0 aliphatic carbocycles. The number of aromatic hydroxyl groups is 1. The van der Waals surface area contributed by atoms with Gasteiger partial charge in [-0.1, -0.05) is 42.5 Å². The fraction of sp³-hybridized carbons (Fsp3) is 0.0741. The van der Waals surface area contributed by atoms with E-state index in [4.69, 9.17) is 9.47 Å². The zero-order valence-electron chi connectivity index (χ0n) is 19.4. The molecule has 0 bridgehead atoms. The van der Waals surface area contributed by atoms with Gasteiger partial charge in [-0.25, -0.2) is 9.59 Å². The van der Waals surface area contributed by atoms with Crippen molar-refractivity contribution < 1.29 is 29.0 Å². The summed E-state index contributed by atoms with van der Waals surface area (Å²) in [6, 6.07) is 21.5. The van der Waals surface area contributed by atoms with E-state index < -0.39 is 23.6 Å². The van der Waals surface area contributed by atoms with E-state index >= 15 is 0 Å². The van der Waals surface area contributed by atoms with Gasteiger partial charge in [0, 0.05) is 11.1 Å². The number of ether oxygens (including phenoxy) is 2. The summed E-state index contributed by atoms with van der Waals surface area (Å²) in [5.41, 5.74) is 0.779. The largest absolute Gasteiger partial charge is 0.505 e. The minimum absolute atomic E-state index is 0.0111. The molecule has 0 atom stereocenters. The number of hydrogen-bond donors (Lipinski definition) is 2. The molecule has 1 amide bonds. The number of esters is 2. The van der Waals surface area contributed by atoms with Crippen LogP contribution in [0.3, 0.4) is 0 Å². The average molecular weight is 483 g/mol. The van der Waals surface area contributed by atoms with Gasteiger partial charge in [-0.2, -0.15) is 0 Å². The maximum Gasteiger partial charge on any atom is 0.340 e. The third-order valence-corrected chi connectivity index (χ3v) is 5.35. The highest BCUT2D eigenvalue weighted by Crippen LogP contribution is 2.40. The van der Waals surface area contributed by atoms with Gasteiger partial charge in [0.25, 0.3) is 5.91 Å². The number of carbonyl (C=O) groups is 3. The van der Waals surface area contributed by atoms with Crippen LogP contribution < -0.4 is 5.32 Å². The van der Waals surface area contributed by atoms with Gasteiger partial charge in [0.15, 0.2) is 5.75 Å². The lowest BCUT2D eigenvalue weighted by molar-refractivity contribution is 0.0587. The van der Waals surface area contributed by atoms with Gasteiger partial charge in [-0.3, -0.25) is 4.79 Å². The van der Waals surface area contributed by atoms with Crippen molar-refractivity contribution >= 4 is 45.7 Å². The van der Waals surface area contributed by atoms with Gasteiger partial charge in [0.2, 0.25) is 0 Å². The number of nitrogens with zero attached hydrogens (tertiary/aromatic N) is 2. The highest BCUT2D eigenvalue weighted by molar-refractivity contribution is 6.11. The Morgan fingerprint density at radius 2 is 1.47 bits per heavy atom. The number of para-hydroxylation sites is 1. The molecule has 0 radical (unpaired) electrons. The predicted molar refractivity (Wildman–Crippen MR) is 133 cm³/mol. The Bertz CT molecular complexity index is 1500. The topological polar surface area (TPSA) is 127 Å². The summed E-state index contributed by atoms with van der Waals surface area (Å²) in [5, 5.41) is 23.3. The molecule has 0 fully saturated rings. The van der Waals surface area contributed by atoms with E-state index in [1.54, 1.807) is 54.6 Å². The molecule has 9 heteroatoms. The number of azo groups is 1. The van der Waals surface area contributed by atoms with Crippen molar-refractivity contribution in [3.8, 4) is 5.75 Å². The first-order valence-electron chi connectivity index (χ1n) is 10.8. The number of methoxy groups -OCH3 is 2. The van der Waals surface area contributed by atoms with Gasteiger partial charge < -0.3 is 19.9 Å². The number of hydrogen-bond acceptors (Lipinski definition) is 8. The van der Waals surface area contributed by atoms with Crippen LogP contribution in [0, 0.1) is 0 Å². The second kappa shape index (κ2) is 10.5. The third-order valence-electron chi connectivity index (χ3n) is 5.35. The van der Waals surface area contributed by atoms with Crippen molar-refractivity contribution in [3.63, 3.8) is 0 Å². The lowest BCUT2D eigenvalue weighted by Crippen LogP contribution is -2.12. The van der Waals surface area contributed by atoms with Crippen LogP contribution in [-0.4, -0.2) is 37.2 Å². The highest BCUT2D eigenvalue weighted by Gasteiger charge is 2.20. The summed E-state index contributed by atoms with van der Waals surface area (Å²) in [6.45, 7) is 0. The van der Waals surface area contributed by atoms with E-state index in [1.807, 2.05) is 6.07 Å². The Kier molecular flexibility index (Phi) is 7.01. The van der Waals surface area contributed by atoms with Crippen LogP contribution in [0.4, 0.5) is 17.1 Å². The first-order chi connectivity index (χ1) is 17.4. The quantitative estimate of drug-likeness (QED) is 0.264. The van der Waals surface area contributed by atoms with Crippen molar-refractivity contribution in [1.29, 1.82) is 0 Å². The molecular weight excluding hydrogens is 462 g/mol. The van der Waals surface area contributed by atoms with E-state index in [-0.39, 0.29) is 28.1 Å². The predicted octanol–water partition coefficient (Wildman–Crippen LogP) is 5.79. The van der Waals surface area contributed by atoms with Crippen LogP contribution in [0.25, 0.3) is 10.8 Å². The van der Waals surface area contributed by atoms with Gasteiger partial charge in [0.1, 0.15) is 11.4 Å². The second-order valence-electron chi connectivity index (χ2n) is 7.58. The summed E-state index contributed by atoms with van der Waals surface area (Å²) in [6.07, 6.45) is 0. The molecule has 4 rings (SSSR count). The minimum Gasteiger partial charge on any atom is -0.505 e. The maximum absolute atomic E-state index is 13.0. The van der Waals surface area contributed by atoms with Crippen LogP contribution in [0.1, 0.15) is 31.1 Å². The van der Waals surface area contributed by atoms with E-state index in [1.165, 1.54) is 32.4 Å². The van der Waals surface area contributed by atoms with Crippen molar-refractivity contribution in [2.45, 2.75) is 0 Å². The highest BCUT2D eigenvalue weighted by atomic mass is 16.5. The zero-order chi connectivity index (χ0) is 25.7. The van der Waals surface area contributed by atoms with Crippen LogP contribution in [0.15, 0.2) is 89.1 Å². The van der Waals surface area contributed by atoms with Crippen LogP contribution >= 0.6 is 0 Å². The summed E-state index contributed by atoms with van der Waals surface area (Å²) in [7, 11) is 2.44. The molecule has 0 aliphatic rings. The molecule has 0 aromatic heterocycles. The Morgan fingerprint density at radius 1 is 0.778 bits per heavy atom. The second-order valence-corrected chi connectivity index (χ2v) is 7.58. The molecule has 0 unspecified atom stereocenters. The number of phenols is 1. The van der Waals surface area contributed by atoms with Gasteiger partial charge in [-0.05, 0) is 41.8 Å². The van der Waals surface area contributed by atoms with Crippen molar-refractivity contribution in [3.05, 3.63) is 95.6 Å². The summed E-state index contributed by atoms with van der Waals surface area (Å²) < 4.78 is 9.53. The molecule has 0 aliphatic heterocycles. The minimum atomic E-state index is -0.689. The maximum atomic E-state index is 13.0. The number of nitrogens with one attached hydrogen (secondary N) is 1. The van der Waals surface area contributed by atoms with Gasteiger partial charge in [-0.15, -0.1) is 10.2 Å². The van der Waals surface area contributed by atoms with E-state index in [2.05, 4.69) is 15.5 Å². The Labute approximate surface area is 206 Å². The van der Waals surface area contributed by atoms with Crippen LogP contribution in [0.2, 0.25) is 0 Å². The number of phenolic OH excluding ortho intramolecular Hbond substituents is 1. The Hall–Kier alpha value is -5.05. The molecule has 180 valence electrons. The Balaban J connectivity index is 1.83. The fourth-order valence-corrected chi connectivity index (χ4v) is 3.56. The lowest BCUT2D eigenvalue weighted by atomic mass is 10.0. The first-order valence-corrected chi connectivity index (χ1v) is 10.8. The van der Waals surface area contributed by atoms with Crippen LogP contribution in [-0.2, 0) is 9.47 Å². The monoisotopic (exact) mass is 483 g/mol. The lowest BCUT2D eigenvalue weighted by Gasteiger charge is -2.11. The molecular formula is C27H21N3O6. The third kappa shape index (κ3) is 4.90. The fourth-order valence-electron chi connectivity index (χ4n) is 3.56. The summed E-state index contributed by atoms with van der Waals surface area (Å²) >= 11 is 0. The van der Waals surface area contributed by atoms with Gasteiger partial charge in [0.05, 0.1) is 30.9 Å². The SMILES string of the molecule is COC(=O)c1ccc(C(=O)OC)c(N=Nc2c(O)c(C(=O)Nc3ccccc3)cc3ccccc23)c1. The van der Waals surface area contributed by atoms with E-state index in [0.29, 0.717) is 16.5 Å². The molecule has 0 heterocycles. The molecule has 36 heavy (non-hydrogen) atoms. The Morgan fingerprint density at radius 3 is 2.19 bits per heavy atom. The van der Waals surface area contributed by atoms with Gasteiger partial charge >= 0.3 is 11.9 Å². The van der Waals surface area contributed by atoms with Crippen molar-refractivity contribution in [1.82, 2.24) is 0 Å². The number of rotatable bonds is 6. The van der Waals surface area contributed by atoms with Crippen LogP contribution in [0.5, 0.6) is 5.75 Å². The van der Waals surface area contributed by atoms with E-state index in [9.17, 15) is 19.5 Å². The normalized spacial score (nSPS) is 10.8. The number of benzene rings is 4. The van der Waals surface area contributed by atoms with Crippen molar-refractivity contribution in [2.75, 3.05) is 19.5 Å². The molecule has 0 saturated heterocycles. The number of fused-ring (bicyclic) bond motifs is 1. The molecule has 0 spiro atoms. The molecule has 9 nitrogen and oxygen atoms in total. The standard InChI is InChI=1S/C27H21N3O6/c1-35-26(33)17-12-13-20(27(34)36-2)22(15-17)29-30-23-19-11-7-6-8-16(19)14-21(24(23)31)25(32)28-18-9-4-3-5-10-18/h3-15,31H,1-2H3,(H,28,32). The summed E-state index contributed by atoms with van der Waals surface area (Å²) in [5.74, 6) is -2.25.